The maximum absolute atomic E-state index is 13.4. The van der Waals surface area contributed by atoms with E-state index in [1.54, 1.807) is 32.0 Å². The Labute approximate surface area is 186 Å². The van der Waals surface area contributed by atoms with Crippen molar-refractivity contribution in [1.29, 1.82) is 5.41 Å². The molecule has 4 N–H and O–H groups in total. The summed E-state index contributed by atoms with van der Waals surface area (Å²) in [6.45, 7) is 4.30. The molecular weight excluding hydrogens is 411 g/mol. The van der Waals surface area contributed by atoms with Crippen LogP contribution >= 0.6 is 0 Å². The minimum Gasteiger partial charge on any atom is -0.393 e. The molecule has 0 bridgehead atoms. The highest BCUT2D eigenvalue weighted by atomic mass is 19.1. The number of aromatic nitrogens is 1. The minimum absolute atomic E-state index is 0.0784. The molecule has 1 amide bonds. The van der Waals surface area contributed by atoms with Crippen LogP contribution in [0, 0.1) is 31.0 Å². The summed E-state index contributed by atoms with van der Waals surface area (Å²) in [6.07, 6.45) is 3.31. The third-order valence-corrected chi connectivity index (χ3v) is 5.55. The number of halogens is 1. The molecule has 8 nitrogen and oxygen atoms in total. The van der Waals surface area contributed by atoms with Gasteiger partial charge in [-0.3, -0.25) is 15.6 Å². The summed E-state index contributed by atoms with van der Waals surface area (Å²) < 4.78 is 13.4. The Kier molecular flexibility index (Phi) is 7.99. The van der Waals surface area contributed by atoms with Gasteiger partial charge in [-0.15, -0.1) is 5.11 Å². The normalized spacial score (nSPS) is 18.5. The van der Waals surface area contributed by atoms with Crippen LogP contribution in [-0.2, 0) is 6.54 Å². The van der Waals surface area contributed by atoms with Crippen molar-refractivity contribution in [2.24, 2.45) is 16.3 Å². The number of amides is 1. The van der Waals surface area contributed by atoms with Crippen LogP contribution in [0.15, 0.2) is 40.7 Å². The minimum atomic E-state index is -0.390. The molecule has 0 atom stereocenters. The SMILES string of the molecule is Cc1cc(C(=N)/N=N\NC[C@H]2CC[C@@H](O)CC2)cc(C(=O)NCc2ccc(F)c(C)c2)n1. The van der Waals surface area contributed by atoms with Crippen LogP contribution < -0.4 is 10.7 Å². The molecule has 0 aliphatic heterocycles. The van der Waals surface area contributed by atoms with E-state index in [1.807, 2.05) is 0 Å². The van der Waals surface area contributed by atoms with Gasteiger partial charge in [-0.05, 0) is 74.8 Å². The average Bonchev–Trinajstić information content (AvgIpc) is 2.78. The molecule has 1 aromatic carbocycles. The van der Waals surface area contributed by atoms with Crippen molar-refractivity contribution in [3.8, 4) is 0 Å². The molecule has 32 heavy (non-hydrogen) atoms. The molecule has 3 rings (SSSR count). The zero-order chi connectivity index (χ0) is 23.1. The lowest BCUT2D eigenvalue weighted by Gasteiger charge is -2.24. The largest absolute Gasteiger partial charge is 0.393 e. The number of hydrogen-bond acceptors (Lipinski definition) is 5. The van der Waals surface area contributed by atoms with Crippen molar-refractivity contribution < 1.29 is 14.3 Å². The lowest BCUT2D eigenvalue weighted by atomic mass is 9.88. The van der Waals surface area contributed by atoms with Crippen LogP contribution in [0.3, 0.4) is 0 Å². The number of pyridine rings is 1. The third-order valence-electron chi connectivity index (χ3n) is 5.55. The maximum Gasteiger partial charge on any atom is 0.270 e. The van der Waals surface area contributed by atoms with Crippen molar-refractivity contribution in [3.63, 3.8) is 0 Å². The molecule has 0 saturated heterocycles. The van der Waals surface area contributed by atoms with Crippen LogP contribution in [0.1, 0.15) is 58.6 Å². The fraction of sp³-hybridized carbons (Fsp3) is 0.435. The molecule has 0 spiro atoms. The van der Waals surface area contributed by atoms with Gasteiger partial charge in [0.25, 0.3) is 5.91 Å². The standard InChI is InChI=1S/C23H29FN6O2/c1-14-9-17(5-8-20(14)24)12-26-23(32)21-11-18(10-15(2)28-21)22(25)29-30-27-13-16-3-6-19(31)7-4-16/h5,8-11,16,19,31H,3-4,6-7,12-13H2,1-2H3,(H,26,32)(H2,25,27,29)/t16-,19+. The monoisotopic (exact) mass is 440 g/mol. The first-order valence-electron chi connectivity index (χ1n) is 10.7. The molecule has 2 aromatic rings. The first-order chi connectivity index (χ1) is 15.3. The van der Waals surface area contributed by atoms with E-state index in [1.165, 1.54) is 12.1 Å². The predicted molar refractivity (Wildman–Crippen MR) is 119 cm³/mol. The van der Waals surface area contributed by atoms with Gasteiger partial charge in [0, 0.05) is 24.3 Å². The van der Waals surface area contributed by atoms with E-state index in [9.17, 15) is 14.3 Å². The predicted octanol–water partition coefficient (Wildman–Crippen LogP) is 3.60. The summed E-state index contributed by atoms with van der Waals surface area (Å²) in [4.78, 5) is 16.8. The molecule has 1 aliphatic carbocycles. The van der Waals surface area contributed by atoms with Gasteiger partial charge >= 0.3 is 0 Å². The fourth-order valence-electron chi connectivity index (χ4n) is 3.67. The number of aryl methyl sites for hydroxylation is 2. The third kappa shape index (κ3) is 6.65. The lowest BCUT2D eigenvalue weighted by molar-refractivity contribution is 0.0945. The zero-order valence-corrected chi connectivity index (χ0v) is 18.4. The summed E-state index contributed by atoms with van der Waals surface area (Å²) in [6, 6.07) is 7.85. The van der Waals surface area contributed by atoms with E-state index in [-0.39, 0.29) is 35.9 Å². The molecule has 1 aliphatic rings. The van der Waals surface area contributed by atoms with Gasteiger partial charge in [-0.25, -0.2) is 9.37 Å². The molecule has 170 valence electrons. The van der Waals surface area contributed by atoms with Crippen molar-refractivity contribution in [2.75, 3.05) is 6.54 Å². The van der Waals surface area contributed by atoms with Crippen LogP contribution in [0.2, 0.25) is 0 Å². The molecule has 1 aromatic heterocycles. The van der Waals surface area contributed by atoms with Gasteiger partial charge in [0.05, 0.1) is 6.10 Å². The van der Waals surface area contributed by atoms with E-state index in [4.69, 9.17) is 5.41 Å². The van der Waals surface area contributed by atoms with Crippen LogP contribution in [-0.4, -0.2) is 34.5 Å². The number of nitrogens with zero attached hydrogens (tertiary/aromatic N) is 3. The van der Waals surface area contributed by atoms with E-state index in [0.717, 1.165) is 31.2 Å². The Bertz CT molecular complexity index is 1000. The van der Waals surface area contributed by atoms with Gasteiger partial charge in [0.15, 0.2) is 5.84 Å². The topological polar surface area (TPSA) is 123 Å². The number of benzene rings is 1. The Morgan fingerprint density at radius 2 is 1.97 bits per heavy atom. The van der Waals surface area contributed by atoms with Crippen LogP contribution in [0.4, 0.5) is 4.39 Å². The quantitative estimate of drug-likeness (QED) is 0.227. The van der Waals surface area contributed by atoms with Gasteiger partial charge in [0.2, 0.25) is 0 Å². The van der Waals surface area contributed by atoms with E-state index in [2.05, 4.69) is 26.1 Å². The maximum atomic E-state index is 13.4. The Balaban J connectivity index is 1.55. The number of carbonyl (C=O) groups excluding carboxylic acids is 1. The average molecular weight is 441 g/mol. The van der Waals surface area contributed by atoms with Gasteiger partial charge in [-0.1, -0.05) is 17.4 Å². The van der Waals surface area contributed by atoms with Crippen molar-refractivity contribution >= 4 is 11.7 Å². The fourth-order valence-corrected chi connectivity index (χ4v) is 3.67. The molecule has 1 fully saturated rings. The number of hydrogen-bond donors (Lipinski definition) is 4. The Hall–Kier alpha value is -3.20. The van der Waals surface area contributed by atoms with E-state index < -0.39 is 0 Å². The second-order valence-corrected chi connectivity index (χ2v) is 8.23. The summed E-state index contributed by atoms with van der Waals surface area (Å²) in [5.41, 5.74) is 5.37. The molecule has 9 heteroatoms. The van der Waals surface area contributed by atoms with Gasteiger partial charge in [0.1, 0.15) is 11.5 Å². The highest BCUT2D eigenvalue weighted by Crippen LogP contribution is 2.23. The van der Waals surface area contributed by atoms with E-state index in [0.29, 0.717) is 29.3 Å². The molecule has 1 heterocycles. The number of amidine groups is 1. The molecule has 1 saturated carbocycles. The number of aliphatic hydroxyl groups is 1. The van der Waals surface area contributed by atoms with Crippen molar-refractivity contribution in [3.05, 3.63) is 64.2 Å². The van der Waals surface area contributed by atoms with Crippen molar-refractivity contribution in [1.82, 2.24) is 15.7 Å². The summed E-state index contributed by atoms with van der Waals surface area (Å²) in [7, 11) is 0. The summed E-state index contributed by atoms with van der Waals surface area (Å²) in [5, 5.41) is 28.3. The number of nitrogens with one attached hydrogen (secondary N) is 3. The van der Waals surface area contributed by atoms with Crippen molar-refractivity contribution in [2.45, 2.75) is 52.2 Å². The second-order valence-electron chi connectivity index (χ2n) is 8.23. The lowest BCUT2D eigenvalue weighted by Crippen LogP contribution is -2.25. The second kappa shape index (κ2) is 10.9. The van der Waals surface area contributed by atoms with Gasteiger partial charge < -0.3 is 10.4 Å². The number of carbonyl (C=O) groups is 1. The Morgan fingerprint density at radius 3 is 2.69 bits per heavy atom. The highest BCUT2D eigenvalue weighted by molar-refractivity contribution is 6.00. The first-order valence-corrected chi connectivity index (χ1v) is 10.7. The molecular formula is C23H29FN6O2. The van der Waals surface area contributed by atoms with Crippen LogP contribution in [0.5, 0.6) is 0 Å². The number of rotatable bonds is 7. The summed E-state index contributed by atoms with van der Waals surface area (Å²) in [5.74, 6) is -0.316. The summed E-state index contributed by atoms with van der Waals surface area (Å²) >= 11 is 0. The number of aliphatic hydroxyl groups excluding tert-OH is 1. The van der Waals surface area contributed by atoms with E-state index >= 15 is 0 Å². The zero-order valence-electron chi connectivity index (χ0n) is 18.4. The first kappa shape index (κ1) is 23.5. The van der Waals surface area contributed by atoms with Gasteiger partial charge in [-0.2, -0.15) is 0 Å². The van der Waals surface area contributed by atoms with Crippen LogP contribution in [0.25, 0.3) is 0 Å². The Morgan fingerprint density at radius 1 is 1.22 bits per heavy atom. The highest BCUT2D eigenvalue weighted by Gasteiger charge is 2.19. The molecule has 0 radical (unpaired) electrons. The molecule has 0 unspecified atom stereocenters. The smallest absolute Gasteiger partial charge is 0.270 e.